The largest absolute Gasteiger partial charge is 2.00 e. The van der Waals surface area contributed by atoms with E-state index in [1.54, 1.807) is 0 Å². The third-order valence-corrected chi connectivity index (χ3v) is 6.58. The summed E-state index contributed by atoms with van der Waals surface area (Å²) >= 11 is 0. The number of fused-ring (bicyclic) bond motifs is 4. The first-order valence-electron chi connectivity index (χ1n) is 11.7. The standard InChI is InChI=1S/C31H20N2O2.Pt/c1-3-13-26-20(7-1)15-16-32-29(26)22-9-5-11-24(17-22)34-25-12-6-10-23(18-25)31-33-30-27-14-4-2-8-21(27)19-28(30)35-31;/h1-16,28,30H,19H2;/q-2;+2/t28-,30+;/m1./s1. The average molecular weight is 648 g/mol. The Morgan fingerprint density at radius 2 is 1.53 bits per heavy atom. The van der Waals surface area contributed by atoms with Crippen LogP contribution in [0.3, 0.4) is 0 Å². The van der Waals surface area contributed by atoms with E-state index in [-0.39, 0.29) is 33.2 Å². The molecule has 4 aromatic carbocycles. The first-order valence-corrected chi connectivity index (χ1v) is 11.7. The number of aromatic nitrogens is 1. The Hall–Kier alpha value is -3.75. The summed E-state index contributed by atoms with van der Waals surface area (Å²) in [6, 6.07) is 37.0. The number of benzene rings is 4. The second-order valence-corrected chi connectivity index (χ2v) is 8.78. The zero-order chi connectivity index (χ0) is 23.2. The third kappa shape index (κ3) is 4.02. The van der Waals surface area contributed by atoms with Gasteiger partial charge in [0.15, 0.2) is 0 Å². The molecule has 0 fully saturated rings. The molecule has 0 amide bonds. The molecule has 7 rings (SSSR count). The Kier molecular flexibility index (Phi) is 5.91. The molecular weight excluding hydrogens is 627 g/mol. The monoisotopic (exact) mass is 647 g/mol. The van der Waals surface area contributed by atoms with E-state index in [0.29, 0.717) is 17.4 Å². The van der Waals surface area contributed by atoms with Crippen LogP contribution in [0.2, 0.25) is 0 Å². The molecule has 36 heavy (non-hydrogen) atoms. The van der Waals surface area contributed by atoms with Gasteiger partial charge in [-0.25, -0.2) is 0 Å². The molecule has 2 aliphatic rings. The number of hydrogen-bond acceptors (Lipinski definition) is 4. The molecule has 1 aromatic heterocycles. The summed E-state index contributed by atoms with van der Waals surface area (Å²) < 4.78 is 12.4. The Labute approximate surface area is 223 Å². The van der Waals surface area contributed by atoms with Crippen LogP contribution >= 0.6 is 0 Å². The van der Waals surface area contributed by atoms with Crippen molar-refractivity contribution in [3.05, 3.63) is 126 Å². The average Bonchev–Trinajstić information content (AvgIpc) is 3.47. The maximum Gasteiger partial charge on any atom is 2.00 e. The summed E-state index contributed by atoms with van der Waals surface area (Å²) in [5.74, 6) is 1.81. The van der Waals surface area contributed by atoms with Gasteiger partial charge in [-0.3, -0.25) is 4.99 Å². The van der Waals surface area contributed by atoms with Crippen LogP contribution in [0.25, 0.3) is 22.0 Å². The summed E-state index contributed by atoms with van der Waals surface area (Å²) in [6.07, 6.45) is 2.76. The molecule has 2 atom stereocenters. The molecule has 2 heterocycles. The van der Waals surface area contributed by atoms with E-state index in [9.17, 15) is 0 Å². The number of pyridine rings is 1. The van der Waals surface area contributed by atoms with E-state index in [4.69, 9.17) is 14.5 Å². The second kappa shape index (κ2) is 9.37. The molecule has 1 aliphatic heterocycles. The minimum atomic E-state index is 0. The molecule has 0 radical (unpaired) electrons. The van der Waals surface area contributed by atoms with Crippen LogP contribution in [0, 0.1) is 12.1 Å². The van der Waals surface area contributed by atoms with E-state index >= 15 is 0 Å². The molecule has 0 spiro atoms. The van der Waals surface area contributed by atoms with E-state index < -0.39 is 0 Å². The second-order valence-electron chi connectivity index (χ2n) is 8.78. The van der Waals surface area contributed by atoms with Crippen LogP contribution in [0.1, 0.15) is 22.7 Å². The molecule has 0 unspecified atom stereocenters. The molecule has 1 aliphatic carbocycles. The topological polar surface area (TPSA) is 43.7 Å². The van der Waals surface area contributed by atoms with Crippen LogP contribution in [0.5, 0.6) is 11.5 Å². The van der Waals surface area contributed by atoms with Crippen LogP contribution in [0.15, 0.2) is 102 Å². The van der Waals surface area contributed by atoms with Crippen molar-refractivity contribution in [1.82, 2.24) is 4.98 Å². The van der Waals surface area contributed by atoms with E-state index in [1.807, 2.05) is 60.8 Å². The predicted molar refractivity (Wildman–Crippen MR) is 136 cm³/mol. The van der Waals surface area contributed by atoms with Crippen molar-refractivity contribution in [3.8, 4) is 22.8 Å². The Balaban J connectivity index is 0.00000240. The summed E-state index contributed by atoms with van der Waals surface area (Å²) in [7, 11) is 0. The molecule has 0 bridgehead atoms. The first kappa shape index (κ1) is 22.7. The molecule has 5 heteroatoms. The van der Waals surface area contributed by atoms with Crippen molar-refractivity contribution in [2.75, 3.05) is 0 Å². The van der Waals surface area contributed by atoms with Crippen molar-refractivity contribution in [2.45, 2.75) is 18.6 Å². The number of hydrogen-bond donors (Lipinski definition) is 0. The third-order valence-electron chi connectivity index (χ3n) is 6.58. The molecule has 4 nitrogen and oxygen atoms in total. The van der Waals surface area contributed by atoms with Crippen LogP contribution < -0.4 is 4.74 Å². The van der Waals surface area contributed by atoms with Crippen LogP contribution in [-0.4, -0.2) is 17.0 Å². The number of rotatable bonds is 4. The molecule has 5 aromatic rings. The molecule has 0 saturated carbocycles. The minimum absolute atomic E-state index is 0. The van der Waals surface area contributed by atoms with Gasteiger partial charge in [0.25, 0.3) is 0 Å². The number of ether oxygens (including phenoxy) is 2. The van der Waals surface area contributed by atoms with Gasteiger partial charge in [0.2, 0.25) is 0 Å². The van der Waals surface area contributed by atoms with Crippen molar-refractivity contribution in [3.63, 3.8) is 0 Å². The van der Waals surface area contributed by atoms with E-state index in [1.165, 1.54) is 11.1 Å². The summed E-state index contributed by atoms with van der Waals surface area (Å²) in [6.45, 7) is 0. The minimum Gasteiger partial charge on any atom is -0.514 e. The quantitative estimate of drug-likeness (QED) is 0.203. The number of aliphatic imine (C=N–C) groups is 1. The van der Waals surface area contributed by atoms with Gasteiger partial charge in [0, 0.05) is 24.1 Å². The van der Waals surface area contributed by atoms with Gasteiger partial charge in [-0.1, -0.05) is 66.2 Å². The van der Waals surface area contributed by atoms with Crippen molar-refractivity contribution in [1.29, 1.82) is 0 Å². The summed E-state index contributed by atoms with van der Waals surface area (Å²) in [5.41, 5.74) is 5.13. The van der Waals surface area contributed by atoms with Gasteiger partial charge < -0.3 is 14.5 Å². The number of nitrogens with zero attached hydrogens (tertiary/aromatic N) is 2. The molecule has 176 valence electrons. The SMILES string of the molecule is [Pt+2].[c-]1c(Oc2[c-]c(-c3nccc4ccccc34)ccc2)cccc1C1=N[C@H]2c3ccccc3C[C@H]2O1. The van der Waals surface area contributed by atoms with E-state index in [2.05, 4.69) is 53.5 Å². The zero-order valence-electron chi connectivity index (χ0n) is 19.1. The fourth-order valence-electron chi connectivity index (χ4n) is 4.96. The van der Waals surface area contributed by atoms with Gasteiger partial charge in [0.1, 0.15) is 18.0 Å². The smallest absolute Gasteiger partial charge is 0.514 e. The summed E-state index contributed by atoms with van der Waals surface area (Å²) in [5, 5.41) is 2.23. The zero-order valence-corrected chi connectivity index (χ0v) is 21.4. The van der Waals surface area contributed by atoms with Crippen LogP contribution in [-0.2, 0) is 32.2 Å². The van der Waals surface area contributed by atoms with Gasteiger partial charge in [0.05, 0.1) is 0 Å². The van der Waals surface area contributed by atoms with Gasteiger partial charge in [-0.15, -0.1) is 42.0 Å². The Morgan fingerprint density at radius 1 is 0.778 bits per heavy atom. The fraction of sp³-hybridized carbons (Fsp3) is 0.0968. The van der Waals surface area contributed by atoms with Gasteiger partial charge in [-0.05, 0) is 33.7 Å². The Bertz CT molecular complexity index is 1610. The first-order chi connectivity index (χ1) is 17.3. The Morgan fingerprint density at radius 3 is 2.42 bits per heavy atom. The van der Waals surface area contributed by atoms with E-state index in [0.717, 1.165) is 34.0 Å². The summed E-state index contributed by atoms with van der Waals surface area (Å²) in [4.78, 5) is 9.49. The normalized spacial score (nSPS) is 17.5. The predicted octanol–water partition coefficient (Wildman–Crippen LogP) is 6.73. The maximum absolute atomic E-state index is 6.22. The molecule has 0 saturated heterocycles. The van der Waals surface area contributed by atoms with Crippen molar-refractivity contribution in [2.24, 2.45) is 4.99 Å². The fourth-order valence-corrected chi connectivity index (χ4v) is 4.96. The van der Waals surface area contributed by atoms with Gasteiger partial charge >= 0.3 is 21.1 Å². The van der Waals surface area contributed by atoms with Crippen molar-refractivity contribution >= 4 is 16.7 Å². The van der Waals surface area contributed by atoms with Crippen molar-refractivity contribution < 1.29 is 30.5 Å². The molecular formula is C31H20N2O2Pt. The van der Waals surface area contributed by atoms with Crippen LogP contribution in [0.4, 0.5) is 0 Å². The van der Waals surface area contributed by atoms with Gasteiger partial charge in [-0.2, -0.15) is 0 Å². The maximum atomic E-state index is 6.22. The molecule has 0 N–H and O–H groups in total.